The minimum atomic E-state index is 0.345. The highest BCUT2D eigenvalue weighted by molar-refractivity contribution is 5.38. The van der Waals surface area contributed by atoms with Gasteiger partial charge in [0.25, 0.3) is 5.78 Å². The van der Waals surface area contributed by atoms with Gasteiger partial charge in [0.15, 0.2) is 0 Å². The Morgan fingerprint density at radius 2 is 2.14 bits per heavy atom. The highest BCUT2D eigenvalue weighted by Gasteiger charge is 2.43. The fraction of sp³-hybridized carbons (Fsp3) is 0.667. The van der Waals surface area contributed by atoms with Gasteiger partial charge in [0.05, 0.1) is 0 Å². The molecule has 2 atom stereocenters. The van der Waals surface area contributed by atoms with E-state index in [1.807, 2.05) is 12.3 Å². The first kappa shape index (κ1) is 13.0. The maximum Gasteiger partial charge on any atom is 0.253 e. The Hall–Kier alpha value is -1.69. The maximum atomic E-state index is 9.02. The number of rotatable bonds is 4. The van der Waals surface area contributed by atoms with E-state index in [-0.39, 0.29) is 0 Å². The van der Waals surface area contributed by atoms with Crippen LogP contribution in [0.5, 0.6) is 0 Å². The van der Waals surface area contributed by atoms with E-state index < -0.39 is 0 Å². The molecule has 1 saturated heterocycles. The van der Waals surface area contributed by atoms with E-state index in [9.17, 15) is 0 Å². The van der Waals surface area contributed by atoms with Crippen molar-refractivity contribution in [2.24, 2.45) is 17.8 Å². The Bertz CT molecular complexity index is 586. The zero-order valence-electron chi connectivity index (χ0n) is 12.1. The number of hydrogen-bond donors (Lipinski definition) is 1. The minimum absolute atomic E-state index is 0.345. The lowest BCUT2D eigenvalue weighted by atomic mass is 9.90. The molecule has 3 heterocycles. The van der Waals surface area contributed by atoms with E-state index in [0.29, 0.717) is 12.4 Å². The summed E-state index contributed by atoms with van der Waals surface area (Å²) in [6.07, 6.45) is 8.38. The summed E-state index contributed by atoms with van der Waals surface area (Å²) in [6, 6.07) is 1.87. The topological polar surface area (TPSA) is 66.5 Å². The second kappa shape index (κ2) is 5.26. The number of aliphatic hydroxyl groups is 1. The molecule has 0 aromatic carbocycles. The summed E-state index contributed by atoms with van der Waals surface area (Å²) in [7, 11) is 0. The van der Waals surface area contributed by atoms with Crippen LogP contribution in [0.2, 0.25) is 0 Å². The number of aromatic nitrogens is 4. The van der Waals surface area contributed by atoms with Gasteiger partial charge in [-0.25, -0.2) is 9.50 Å². The molecule has 1 aliphatic carbocycles. The fourth-order valence-corrected chi connectivity index (χ4v) is 3.73. The minimum Gasteiger partial charge on any atom is -0.396 e. The van der Waals surface area contributed by atoms with Crippen LogP contribution in [0.25, 0.3) is 5.78 Å². The van der Waals surface area contributed by atoms with Gasteiger partial charge in [-0.15, -0.1) is 5.10 Å². The van der Waals surface area contributed by atoms with Crippen molar-refractivity contribution in [1.29, 1.82) is 0 Å². The van der Waals surface area contributed by atoms with Crippen LogP contribution < -0.4 is 4.90 Å². The summed E-state index contributed by atoms with van der Waals surface area (Å²) in [5, 5.41) is 13.5. The molecule has 21 heavy (non-hydrogen) atoms. The summed E-state index contributed by atoms with van der Waals surface area (Å²) in [5.41, 5.74) is 0. The van der Waals surface area contributed by atoms with E-state index in [1.165, 1.54) is 19.3 Å². The van der Waals surface area contributed by atoms with E-state index >= 15 is 0 Å². The molecule has 2 aromatic rings. The molecule has 1 N–H and O–H groups in total. The molecule has 0 radical (unpaired) electrons. The van der Waals surface area contributed by atoms with E-state index in [0.717, 1.165) is 43.2 Å². The Balaban J connectivity index is 1.39. The predicted octanol–water partition coefficient (Wildman–Crippen LogP) is 1.36. The molecular formula is C15H21N5O. The first-order chi connectivity index (χ1) is 10.3. The molecule has 0 bridgehead atoms. The molecule has 6 nitrogen and oxygen atoms in total. The van der Waals surface area contributed by atoms with Crippen molar-refractivity contribution >= 4 is 11.7 Å². The van der Waals surface area contributed by atoms with Crippen molar-refractivity contribution in [2.75, 3.05) is 24.6 Å². The average Bonchev–Trinajstić information content (AvgIpc) is 3.15. The lowest BCUT2D eigenvalue weighted by Gasteiger charge is -2.31. The lowest BCUT2D eigenvalue weighted by Crippen LogP contribution is -2.35. The molecule has 2 aromatic heterocycles. The Kier molecular flexibility index (Phi) is 3.25. The summed E-state index contributed by atoms with van der Waals surface area (Å²) >= 11 is 0. The third-order valence-corrected chi connectivity index (χ3v) is 5.01. The van der Waals surface area contributed by atoms with Crippen molar-refractivity contribution in [3.8, 4) is 0 Å². The van der Waals surface area contributed by atoms with Gasteiger partial charge in [0.2, 0.25) is 5.95 Å². The number of fused-ring (bicyclic) bond motifs is 1. The van der Waals surface area contributed by atoms with Crippen LogP contribution in [0.3, 0.4) is 0 Å². The molecule has 0 unspecified atom stereocenters. The van der Waals surface area contributed by atoms with Gasteiger partial charge in [-0.2, -0.15) is 4.98 Å². The largest absolute Gasteiger partial charge is 0.396 e. The van der Waals surface area contributed by atoms with Gasteiger partial charge in [-0.1, -0.05) is 0 Å². The van der Waals surface area contributed by atoms with Crippen LogP contribution in [-0.4, -0.2) is 44.4 Å². The monoisotopic (exact) mass is 287 g/mol. The smallest absolute Gasteiger partial charge is 0.253 e. The molecule has 0 spiro atoms. The number of nitrogens with zero attached hydrogens (tertiary/aromatic N) is 5. The molecule has 2 fully saturated rings. The molecular weight excluding hydrogens is 266 g/mol. The van der Waals surface area contributed by atoms with Crippen LogP contribution in [0.4, 0.5) is 5.95 Å². The highest BCUT2D eigenvalue weighted by Crippen LogP contribution is 2.49. The second-order valence-electron chi connectivity index (χ2n) is 6.27. The first-order valence-electron chi connectivity index (χ1n) is 7.88. The standard InChI is InChI=1S/C15H21N5O/c21-9-4-12-10-13(12)11-2-7-19(8-3-11)15-17-14-16-5-1-6-20(14)18-15/h1,5-6,11-13,21H,2-4,7-10H2/t12-,13-/m1/s1. The summed E-state index contributed by atoms with van der Waals surface area (Å²) < 4.78 is 1.74. The Morgan fingerprint density at radius 3 is 2.90 bits per heavy atom. The third kappa shape index (κ3) is 2.48. The number of piperidine rings is 1. The number of anilines is 1. The van der Waals surface area contributed by atoms with Crippen LogP contribution in [0.15, 0.2) is 18.5 Å². The van der Waals surface area contributed by atoms with Gasteiger partial charge in [0.1, 0.15) is 0 Å². The number of aliphatic hydroxyl groups excluding tert-OH is 1. The highest BCUT2D eigenvalue weighted by atomic mass is 16.3. The SMILES string of the molecule is OCC[C@@H]1C[C@@H]1C1CCN(c2nc3ncccn3n2)CC1. The van der Waals surface area contributed by atoms with Gasteiger partial charge in [0, 0.05) is 32.1 Å². The Labute approximate surface area is 123 Å². The van der Waals surface area contributed by atoms with E-state index in [2.05, 4.69) is 20.0 Å². The van der Waals surface area contributed by atoms with Crippen molar-refractivity contribution in [3.05, 3.63) is 18.5 Å². The van der Waals surface area contributed by atoms with Crippen LogP contribution >= 0.6 is 0 Å². The summed E-state index contributed by atoms with van der Waals surface area (Å²) in [6.45, 7) is 2.41. The zero-order valence-corrected chi connectivity index (χ0v) is 12.1. The summed E-state index contributed by atoms with van der Waals surface area (Å²) in [5.74, 6) is 3.93. The zero-order chi connectivity index (χ0) is 14.2. The third-order valence-electron chi connectivity index (χ3n) is 5.01. The first-order valence-corrected chi connectivity index (χ1v) is 7.88. The summed E-state index contributed by atoms with van der Waals surface area (Å²) in [4.78, 5) is 11.0. The van der Waals surface area contributed by atoms with Crippen molar-refractivity contribution in [2.45, 2.75) is 25.7 Å². The average molecular weight is 287 g/mol. The normalized spacial score (nSPS) is 26.4. The molecule has 1 saturated carbocycles. The molecule has 1 aliphatic heterocycles. The molecule has 2 aliphatic rings. The molecule has 4 rings (SSSR count). The van der Waals surface area contributed by atoms with Gasteiger partial charge in [-0.05, 0) is 49.5 Å². The lowest BCUT2D eigenvalue weighted by molar-refractivity contribution is 0.266. The van der Waals surface area contributed by atoms with Crippen LogP contribution in [0.1, 0.15) is 25.7 Å². The van der Waals surface area contributed by atoms with E-state index in [1.54, 1.807) is 10.7 Å². The molecule has 0 amide bonds. The van der Waals surface area contributed by atoms with Crippen LogP contribution in [0, 0.1) is 17.8 Å². The predicted molar refractivity (Wildman–Crippen MR) is 79.0 cm³/mol. The van der Waals surface area contributed by atoms with Crippen molar-refractivity contribution in [1.82, 2.24) is 19.6 Å². The van der Waals surface area contributed by atoms with Crippen LogP contribution in [-0.2, 0) is 0 Å². The van der Waals surface area contributed by atoms with Gasteiger partial charge in [-0.3, -0.25) is 0 Å². The van der Waals surface area contributed by atoms with E-state index in [4.69, 9.17) is 5.11 Å². The molecule has 112 valence electrons. The second-order valence-corrected chi connectivity index (χ2v) is 6.27. The molecule has 6 heteroatoms. The van der Waals surface area contributed by atoms with Gasteiger partial charge < -0.3 is 10.0 Å². The van der Waals surface area contributed by atoms with Gasteiger partial charge >= 0.3 is 0 Å². The Morgan fingerprint density at radius 1 is 1.29 bits per heavy atom. The maximum absolute atomic E-state index is 9.02. The van der Waals surface area contributed by atoms with Crippen molar-refractivity contribution < 1.29 is 5.11 Å². The number of hydrogen-bond acceptors (Lipinski definition) is 5. The van der Waals surface area contributed by atoms with Crippen molar-refractivity contribution in [3.63, 3.8) is 0 Å². The quantitative estimate of drug-likeness (QED) is 0.919. The fourth-order valence-electron chi connectivity index (χ4n) is 3.73.